The topological polar surface area (TPSA) is 61.8 Å². The summed E-state index contributed by atoms with van der Waals surface area (Å²) in [6, 6.07) is 9.12. The molecule has 2 N–H and O–H groups in total. The Labute approximate surface area is 150 Å². The van der Waals surface area contributed by atoms with Crippen LogP contribution in [0.1, 0.15) is 18.4 Å². The Bertz CT molecular complexity index is 779. The molecule has 3 rings (SSSR count). The number of halogens is 2. The molecule has 138 valence electrons. The number of para-hydroxylation sites is 1. The minimum atomic E-state index is -0.849. The van der Waals surface area contributed by atoms with E-state index in [1.165, 1.54) is 17.0 Å². The zero-order chi connectivity index (χ0) is 18.5. The average Bonchev–Trinajstić information content (AvgIpc) is 3.12. The van der Waals surface area contributed by atoms with Crippen LogP contribution in [0.4, 0.5) is 19.3 Å². The summed E-state index contributed by atoms with van der Waals surface area (Å²) in [6.45, 7) is 1.09. The van der Waals surface area contributed by atoms with Gasteiger partial charge in [-0.3, -0.25) is 0 Å². The van der Waals surface area contributed by atoms with Gasteiger partial charge in [0.1, 0.15) is 17.4 Å². The van der Waals surface area contributed by atoms with E-state index in [0.717, 1.165) is 18.9 Å². The van der Waals surface area contributed by atoms with Crippen LogP contribution in [0.2, 0.25) is 0 Å². The molecule has 1 atom stereocenters. The molecule has 5 nitrogen and oxygen atoms in total. The predicted molar refractivity (Wildman–Crippen MR) is 92.9 cm³/mol. The highest BCUT2D eigenvalue weighted by molar-refractivity contribution is 5.89. The number of benzene rings is 2. The Kier molecular flexibility index (Phi) is 5.68. The molecule has 1 fully saturated rings. The molecule has 0 saturated carbocycles. The summed E-state index contributed by atoms with van der Waals surface area (Å²) in [5.74, 6) is -1.49. The number of anilines is 1. The van der Waals surface area contributed by atoms with Crippen molar-refractivity contribution >= 4 is 11.7 Å². The molecule has 26 heavy (non-hydrogen) atoms. The number of carbonyl (C=O) groups excluding carboxylic acids is 1. The van der Waals surface area contributed by atoms with Gasteiger partial charge < -0.3 is 20.1 Å². The van der Waals surface area contributed by atoms with E-state index in [1.54, 1.807) is 18.2 Å². The van der Waals surface area contributed by atoms with Crippen molar-refractivity contribution in [1.82, 2.24) is 4.90 Å². The van der Waals surface area contributed by atoms with Gasteiger partial charge in [-0.25, -0.2) is 13.6 Å². The molecule has 1 saturated heterocycles. The normalized spacial score (nSPS) is 16.5. The molecule has 2 aromatic rings. The van der Waals surface area contributed by atoms with Gasteiger partial charge >= 0.3 is 6.03 Å². The fourth-order valence-electron chi connectivity index (χ4n) is 2.89. The number of nitrogens with one attached hydrogen (secondary N) is 1. The average molecular weight is 362 g/mol. The molecule has 0 bridgehead atoms. The fourth-order valence-corrected chi connectivity index (χ4v) is 2.89. The number of nitrogens with zero attached hydrogens (tertiary/aromatic N) is 1. The number of carbonyl (C=O) groups is 1. The van der Waals surface area contributed by atoms with Gasteiger partial charge in [0.25, 0.3) is 0 Å². The number of hydrogen-bond donors (Lipinski definition) is 2. The summed E-state index contributed by atoms with van der Waals surface area (Å²) in [6.07, 6.45) is 1.64. The Morgan fingerprint density at radius 1 is 1.27 bits per heavy atom. The monoisotopic (exact) mass is 362 g/mol. The molecule has 0 aliphatic carbocycles. The molecule has 1 aliphatic heterocycles. The smallest absolute Gasteiger partial charge is 0.322 e. The van der Waals surface area contributed by atoms with Gasteiger partial charge in [0.05, 0.1) is 18.3 Å². The first-order valence-electron chi connectivity index (χ1n) is 8.42. The van der Waals surface area contributed by atoms with Crippen LogP contribution in [-0.2, 0) is 11.3 Å². The molecule has 7 heteroatoms. The summed E-state index contributed by atoms with van der Waals surface area (Å²) in [5.41, 5.74) is 0.464. The minimum Gasteiger partial charge on any atom is -0.508 e. The summed E-state index contributed by atoms with van der Waals surface area (Å²) < 4.78 is 32.5. The standard InChI is InChI=1S/C19H20F2N2O3/c20-14-7-8-17(16(21)10-14)22-19(25)23(12-15-5-3-9-26-15)11-13-4-1-2-6-18(13)24/h1-2,4,6-8,10,15,24H,3,5,9,11-12H2,(H,22,25). The Morgan fingerprint density at radius 2 is 2.08 bits per heavy atom. The summed E-state index contributed by atoms with van der Waals surface area (Å²) in [5, 5.41) is 12.4. The van der Waals surface area contributed by atoms with Crippen molar-refractivity contribution in [2.24, 2.45) is 0 Å². The quantitative estimate of drug-likeness (QED) is 0.848. The van der Waals surface area contributed by atoms with Crippen molar-refractivity contribution in [2.75, 3.05) is 18.5 Å². The molecule has 0 spiro atoms. The van der Waals surface area contributed by atoms with Gasteiger partial charge in [-0.05, 0) is 31.0 Å². The second kappa shape index (κ2) is 8.14. The number of ether oxygens (including phenoxy) is 1. The van der Waals surface area contributed by atoms with Gasteiger partial charge in [-0.2, -0.15) is 0 Å². The van der Waals surface area contributed by atoms with Gasteiger partial charge in [0.2, 0.25) is 0 Å². The molecule has 1 heterocycles. The molecule has 2 aromatic carbocycles. The fraction of sp³-hybridized carbons (Fsp3) is 0.316. The van der Waals surface area contributed by atoms with Gasteiger partial charge in [0.15, 0.2) is 0 Å². The first-order chi connectivity index (χ1) is 12.5. The van der Waals surface area contributed by atoms with Crippen molar-refractivity contribution in [3.8, 4) is 5.75 Å². The van der Waals surface area contributed by atoms with Crippen LogP contribution in [0.25, 0.3) is 0 Å². The lowest BCUT2D eigenvalue weighted by Gasteiger charge is -2.26. The molecule has 0 radical (unpaired) electrons. The Balaban J connectivity index is 1.76. The second-order valence-electron chi connectivity index (χ2n) is 6.20. The number of phenolic OH excluding ortho intramolecular Hbond substituents is 1. The maximum atomic E-state index is 13.8. The molecular formula is C19H20F2N2O3. The van der Waals surface area contributed by atoms with E-state index in [-0.39, 0.29) is 24.1 Å². The number of rotatable bonds is 5. The lowest BCUT2D eigenvalue weighted by molar-refractivity contribution is 0.0817. The Hall–Kier alpha value is -2.67. The van der Waals surface area contributed by atoms with Gasteiger partial charge in [-0.15, -0.1) is 0 Å². The third kappa shape index (κ3) is 4.49. The van der Waals surface area contributed by atoms with Crippen LogP contribution in [0.3, 0.4) is 0 Å². The van der Waals surface area contributed by atoms with E-state index in [4.69, 9.17) is 4.74 Å². The van der Waals surface area contributed by atoms with E-state index in [2.05, 4.69) is 5.32 Å². The van der Waals surface area contributed by atoms with Crippen LogP contribution in [-0.4, -0.2) is 35.3 Å². The largest absolute Gasteiger partial charge is 0.508 e. The van der Waals surface area contributed by atoms with Crippen LogP contribution in [0, 0.1) is 11.6 Å². The predicted octanol–water partition coefficient (Wildman–Crippen LogP) is 3.88. The van der Waals surface area contributed by atoms with E-state index in [9.17, 15) is 18.7 Å². The summed E-state index contributed by atoms with van der Waals surface area (Å²) >= 11 is 0. The third-order valence-electron chi connectivity index (χ3n) is 4.26. The van der Waals surface area contributed by atoms with Crippen LogP contribution in [0.5, 0.6) is 5.75 Å². The molecular weight excluding hydrogens is 342 g/mol. The third-order valence-corrected chi connectivity index (χ3v) is 4.26. The molecule has 2 amide bonds. The van der Waals surface area contributed by atoms with Crippen molar-refractivity contribution in [3.63, 3.8) is 0 Å². The van der Waals surface area contributed by atoms with E-state index < -0.39 is 17.7 Å². The van der Waals surface area contributed by atoms with Crippen molar-refractivity contribution in [1.29, 1.82) is 0 Å². The summed E-state index contributed by atoms with van der Waals surface area (Å²) in [7, 11) is 0. The maximum absolute atomic E-state index is 13.8. The maximum Gasteiger partial charge on any atom is 0.322 e. The molecule has 0 aromatic heterocycles. The summed E-state index contributed by atoms with van der Waals surface area (Å²) in [4.78, 5) is 14.1. The van der Waals surface area contributed by atoms with Crippen LogP contribution >= 0.6 is 0 Å². The zero-order valence-corrected chi connectivity index (χ0v) is 14.1. The number of aromatic hydroxyl groups is 1. The minimum absolute atomic E-state index is 0.0746. The van der Waals surface area contributed by atoms with Crippen molar-refractivity contribution < 1.29 is 23.4 Å². The van der Waals surface area contributed by atoms with Crippen LogP contribution in [0.15, 0.2) is 42.5 Å². The SMILES string of the molecule is O=C(Nc1ccc(F)cc1F)N(Cc1ccccc1O)CC1CCCO1. The van der Waals surface area contributed by atoms with Crippen molar-refractivity contribution in [2.45, 2.75) is 25.5 Å². The highest BCUT2D eigenvalue weighted by Crippen LogP contribution is 2.22. The Morgan fingerprint density at radius 3 is 2.77 bits per heavy atom. The van der Waals surface area contributed by atoms with Crippen molar-refractivity contribution in [3.05, 3.63) is 59.7 Å². The molecule has 1 unspecified atom stereocenters. The van der Waals surface area contributed by atoms with Crippen LogP contribution < -0.4 is 5.32 Å². The van der Waals surface area contributed by atoms with E-state index in [1.807, 2.05) is 0 Å². The highest BCUT2D eigenvalue weighted by Gasteiger charge is 2.24. The van der Waals surface area contributed by atoms with Gasteiger partial charge in [-0.1, -0.05) is 18.2 Å². The number of hydrogen-bond acceptors (Lipinski definition) is 3. The highest BCUT2D eigenvalue weighted by atomic mass is 19.1. The lowest BCUT2D eigenvalue weighted by atomic mass is 10.1. The number of amides is 2. The first kappa shape index (κ1) is 18.1. The number of phenols is 1. The number of urea groups is 1. The van der Waals surface area contributed by atoms with E-state index in [0.29, 0.717) is 24.8 Å². The lowest BCUT2D eigenvalue weighted by Crippen LogP contribution is -2.39. The zero-order valence-electron chi connectivity index (χ0n) is 14.1. The van der Waals surface area contributed by atoms with E-state index >= 15 is 0 Å². The second-order valence-corrected chi connectivity index (χ2v) is 6.20. The first-order valence-corrected chi connectivity index (χ1v) is 8.42. The molecule has 1 aliphatic rings. The van der Waals surface area contributed by atoms with Gasteiger partial charge in [0, 0.05) is 24.8 Å².